The Morgan fingerprint density at radius 1 is 1.39 bits per heavy atom. The topological polar surface area (TPSA) is 75.1 Å². The maximum Gasteiger partial charge on any atom is 0.287 e. The summed E-state index contributed by atoms with van der Waals surface area (Å²) in [6.45, 7) is 0.440. The number of hydrogen-bond acceptors (Lipinski definition) is 3. The van der Waals surface area contributed by atoms with Crippen molar-refractivity contribution in [3.05, 3.63) is 54.4 Å². The number of hydrogen-bond donors (Lipinski definition) is 2. The number of H-pyrrole nitrogens is 1. The zero-order valence-electron chi connectivity index (χ0n) is 9.50. The van der Waals surface area contributed by atoms with Gasteiger partial charge in [-0.25, -0.2) is 9.50 Å². The molecule has 0 atom stereocenters. The Morgan fingerprint density at radius 3 is 3.17 bits per heavy atom. The quantitative estimate of drug-likeness (QED) is 0.718. The van der Waals surface area contributed by atoms with Gasteiger partial charge in [-0.3, -0.25) is 4.79 Å². The van der Waals surface area contributed by atoms with Crippen LogP contribution in [-0.4, -0.2) is 25.5 Å². The number of nitrogens with zero attached hydrogens (tertiary/aromatic N) is 3. The summed E-state index contributed by atoms with van der Waals surface area (Å²) in [6, 6.07) is 5.77. The van der Waals surface area contributed by atoms with E-state index in [1.807, 2.05) is 24.4 Å². The summed E-state index contributed by atoms with van der Waals surface area (Å²) in [4.78, 5) is 18.4. The van der Waals surface area contributed by atoms with Crippen molar-refractivity contribution in [3.8, 4) is 0 Å². The molecule has 0 saturated heterocycles. The molecule has 0 saturated carbocycles. The summed E-state index contributed by atoms with van der Waals surface area (Å²) >= 11 is 0. The lowest BCUT2D eigenvalue weighted by molar-refractivity contribution is 0.0941. The minimum atomic E-state index is -0.221. The van der Waals surface area contributed by atoms with Gasteiger partial charge in [0.1, 0.15) is 0 Å². The molecule has 0 radical (unpaired) electrons. The molecule has 0 aliphatic carbocycles. The van der Waals surface area contributed by atoms with Gasteiger partial charge in [-0.15, -0.1) is 0 Å². The maximum atomic E-state index is 11.7. The van der Waals surface area contributed by atoms with Crippen LogP contribution >= 0.6 is 0 Å². The Hall–Kier alpha value is -2.63. The predicted molar refractivity (Wildman–Crippen MR) is 64.9 cm³/mol. The van der Waals surface area contributed by atoms with Gasteiger partial charge in [0.05, 0.1) is 5.52 Å². The molecule has 90 valence electrons. The highest BCUT2D eigenvalue weighted by molar-refractivity contribution is 5.90. The Kier molecular flexibility index (Phi) is 2.53. The van der Waals surface area contributed by atoms with Gasteiger partial charge in [-0.05, 0) is 17.7 Å². The van der Waals surface area contributed by atoms with Gasteiger partial charge in [-0.1, -0.05) is 6.07 Å². The Bertz CT molecular complexity index is 671. The van der Waals surface area contributed by atoms with E-state index in [4.69, 9.17) is 0 Å². The lowest BCUT2D eigenvalue weighted by atomic mass is 10.2. The number of nitrogens with one attached hydrogen (secondary N) is 2. The fourth-order valence-electron chi connectivity index (χ4n) is 1.81. The third kappa shape index (κ3) is 1.84. The molecule has 1 amide bonds. The lowest BCUT2D eigenvalue weighted by Crippen LogP contribution is -2.24. The van der Waals surface area contributed by atoms with Crippen LogP contribution in [0.3, 0.4) is 0 Å². The SMILES string of the molecule is O=C(NCc1cccn2nccc12)c1ncc[nH]1. The first-order valence-electron chi connectivity index (χ1n) is 5.53. The van der Waals surface area contributed by atoms with E-state index in [0.29, 0.717) is 12.4 Å². The molecule has 0 spiro atoms. The highest BCUT2D eigenvalue weighted by atomic mass is 16.2. The number of carbonyl (C=O) groups excluding carboxylic acids is 1. The molecule has 0 bridgehead atoms. The zero-order chi connectivity index (χ0) is 12.4. The van der Waals surface area contributed by atoms with Crippen LogP contribution in [0.1, 0.15) is 16.2 Å². The molecular weight excluding hydrogens is 230 g/mol. The minimum absolute atomic E-state index is 0.221. The summed E-state index contributed by atoms with van der Waals surface area (Å²) < 4.78 is 1.77. The van der Waals surface area contributed by atoms with Gasteiger partial charge in [0.2, 0.25) is 0 Å². The second-order valence-electron chi connectivity index (χ2n) is 3.81. The highest BCUT2D eigenvalue weighted by Gasteiger charge is 2.08. The summed E-state index contributed by atoms with van der Waals surface area (Å²) in [5.74, 6) is 0.0944. The molecule has 6 heteroatoms. The van der Waals surface area contributed by atoms with Crippen molar-refractivity contribution in [1.29, 1.82) is 0 Å². The second kappa shape index (κ2) is 4.33. The number of carbonyl (C=O) groups is 1. The first-order chi connectivity index (χ1) is 8.84. The molecule has 0 fully saturated rings. The van der Waals surface area contributed by atoms with Crippen LogP contribution in [0.2, 0.25) is 0 Å². The first-order valence-corrected chi connectivity index (χ1v) is 5.53. The summed E-state index contributed by atoms with van der Waals surface area (Å²) in [7, 11) is 0. The van der Waals surface area contributed by atoms with Crippen molar-refractivity contribution in [2.24, 2.45) is 0 Å². The molecular formula is C12H11N5O. The molecule has 3 aromatic heterocycles. The van der Waals surface area contributed by atoms with Crippen molar-refractivity contribution in [2.75, 3.05) is 0 Å². The number of rotatable bonds is 3. The number of amides is 1. The van der Waals surface area contributed by atoms with E-state index in [-0.39, 0.29) is 5.91 Å². The Balaban J connectivity index is 1.77. The van der Waals surface area contributed by atoms with E-state index in [1.165, 1.54) is 0 Å². The van der Waals surface area contributed by atoms with Crippen molar-refractivity contribution in [1.82, 2.24) is 24.9 Å². The van der Waals surface area contributed by atoms with E-state index in [1.54, 1.807) is 23.1 Å². The maximum absolute atomic E-state index is 11.7. The average Bonchev–Trinajstić information content (AvgIpc) is 3.05. The molecule has 0 aliphatic heterocycles. The van der Waals surface area contributed by atoms with E-state index in [2.05, 4.69) is 20.4 Å². The number of pyridine rings is 1. The van der Waals surface area contributed by atoms with Gasteiger partial charge in [0, 0.05) is 31.3 Å². The van der Waals surface area contributed by atoms with Crippen LogP contribution in [-0.2, 0) is 6.54 Å². The predicted octanol–water partition coefficient (Wildman–Crippen LogP) is 0.987. The second-order valence-corrected chi connectivity index (χ2v) is 3.81. The number of aromatic amines is 1. The van der Waals surface area contributed by atoms with Crippen LogP contribution in [0.5, 0.6) is 0 Å². The summed E-state index contributed by atoms with van der Waals surface area (Å²) in [5.41, 5.74) is 1.99. The third-order valence-electron chi connectivity index (χ3n) is 2.68. The van der Waals surface area contributed by atoms with Gasteiger partial charge in [-0.2, -0.15) is 5.10 Å². The molecule has 3 heterocycles. The number of imidazole rings is 1. The van der Waals surface area contributed by atoms with Crippen LogP contribution in [0.15, 0.2) is 43.0 Å². The van der Waals surface area contributed by atoms with Crippen LogP contribution in [0.4, 0.5) is 0 Å². The van der Waals surface area contributed by atoms with Gasteiger partial charge < -0.3 is 10.3 Å². The molecule has 3 rings (SSSR count). The van der Waals surface area contributed by atoms with E-state index in [0.717, 1.165) is 11.1 Å². The minimum Gasteiger partial charge on any atom is -0.345 e. The van der Waals surface area contributed by atoms with Gasteiger partial charge >= 0.3 is 0 Å². The van der Waals surface area contributed by atoms with Crippen molar-refractivity contribution in [3.63, 3.8) is 0 Å². The summed E-state index contributed by atoms with van der Waals surface area (Å²) in [6.07, 6.45) is 6.76. The number of fused-ring (bicyclic) bond motifs is 1. The molecule has 0 aliphatic rings. The molecule has 0 aromatic carbocycles. The van der Waals surface area contributed by atoms with Gasteiger partial charge in [0.25, 0.3) is 5.91 Å². The fraction of sp³-hybridized carbons (Fsp3) is 0.0833. The fourth-order valence-corrected chi connectivity index (χ4v) is 1.81. The smallest absolute Gasteiger partial charge is 0.287 e. The average molecular weight is 241 g/mol. The van der Waals surface area contributed by atoms with Crippen molar-refractivity contribution < 1.29 is 4.79 Å². The normalized spacial score (nSPS) is 10.7. The summed E-state index contributed by atoms with van der Waals surface area (Å²) in [5, 5.41) is 6.95. The molecule has 3 aromatic rings. The molecule has 18 heavy (non-hydrogen) atoms. The molecule has 6 nitrogen and oxygen atoms in total. The van der Waals surface area contributed by atoms with E-state index in [9.17, 15) is 4.79 Å². The van der Waals surface area contributed by atoms with Crippen LogP contribution in [0.25, 0.3) is 5.52 Å². The first kappa shape index (κ1) is 10.5. The van der Waals surface area contributed by atoms with E-state index < -0.39 is 0 Å². The largest absolute Gasteiger partial charge is 0.345 e. The zero-order valence-corrected chi connectivity index (χ0v) is 9.50. The van der Waals surface area contributed by atoms with E-state index >= 15 is 0 Å². The third-order valence-corrected chi connectivity index (χ3v) is 2.68. The monoisotopic (exact) mass is 241 g/mol. The van der Waals surface area contributed by atoms with Gasteiger partial charge in [0.15, 0.2) is 5.82 Å². The van der Waals surface area contributed by atoms with Crippen LogP contribution < -0.4 is 5.32 Å². The molecule has 0 unspecified atom stereocenters. The Labute approximate surface area is 103 Å². The Morgan fingerprint density at radius 2 is 2.33 bits per heavy atom. The highest BCUT2D eigenvalue weighted by Crippen LogP contribution is 2.09. The standard InChI is InChI=1S/C12H11N5O/c18-12(11-13-5-6-14-11)15-8-9-2-1-7-17-10(9)3-4-16-17/h1-7H,8H2,(H,13,14)(H,15,18). The van der Waals surface area contributed by atoms with Crippen molar-refractivity contribution >= 4 is 11.4 Å². The lowest BCUT2D eigenvalue weighted by Gasteiger charge is -2.05. The molecule has 2 N–H and O–H groups in total. The van der Waals surface area contributed by atoms with Crippen LogP contribution in [0, 0.1) is 0 Å². The van der Waals surface area contributed by atoms with Crippen molar-refractivity contribution in [2.45, 2.75) is 6.54 Å². The number of aromatic nitrogens is 4.